The standard InChI is InChI=1S/C12H20N2O/c1-5-12(2,14(3)4)11(15)10-7-6-8-13-9-10/h6-9,11,15H,5H2,1-4H3. The molecule has 1 aromatic rings. The highest BCUT2D eigenvalue weighted by molar-refractivity contribution is 5.16. The van der Waals surface area contributed by atoms with E-state index in [2.05, 4.69) is 23.7 Å². The lowest BCUT2D eigenvalue weighted by Crippen LogP contribution is -2.46. The van der Waals surface area contributed by atoms with Crippen molar-refractivity contribution in [2.24, 2.45) is 0 Å². The zero-order valence-corrected chi connectivity index (χ0v) is 9.94. The number of pyridine rings is 1. The molecule has 1 heterocycles. The van der Waals surface area contributed by atoms with E-state index in [-0.39, 0.29) is 5.54 Å². The van der Waals surface area contributed by atoms with Gasteiger partial charge in [0.05, 0.1) is 6.10 Å². The van der Waals surface area contributed by atoms with Gasteiger partial charge in [-0.2, -0.15) is 0 Å². The van der Waals surface area contributed by atoms with Crippen LogP contribution in [-0.4, -0.2) is 34.6 Å². The molecule has 84 valence electrons. The Morgan fingerprint density at radius 3 is 2.60 bits per heavy atom. The lowest BCUT2D eigenvalue weighted by Gasteiger charge is -2.39. The molecule has 1 rings (SSSR count). The van der Waals surface area contributed by atoms with E-state index >= 15 is 0 Å². The quantitative estimate of drug-likeness (QED) is 0.820. The summed E-state index contributed by atoms with van der Waals surface area (Å²) in [5.41, 5.74) is 0.624. The summed E-state index contributed by atoms with van der Waals surface area (Å²) < 4.78 is 0. The van der Waals surface area contributed by atoms with Crippen LogP contribution in [0.3, 0.4) is 0 Å². The first kappa shape index (κ1) is 12.1. The molecule has 15 heavy (non-hydrogen) atoms. The molecule has 0 aromatic carbocycles. The maximum Gasteiger partial charge on any atom is 0.0985 e. The summed E-state index contributed by atoms with van der Waals surface area (Å²) in [6.07, 6.45) is 3.82. The van der Waals surface area contributed by atoms with E-state index in [0.717, 1.165) is 12.0 Å². The van der Waals surface area contributed by atoms with Crippen LogP contribution >= 0.6 is 0 Å². The monoisotopic (exact) mass is 208 g/mol. The van der Waals surface area contributed by atoms with Crippen LogP contribution in [-0.2, 0) is 0 Å². The van der Waals surface area contributed by atoms with E-state index in [1.165, 1.54) is 0 Å². The van der Waals surface area contributed by atoms with Crippen LogP contribution in [0, 0.1) is 0 Å². The highest BCUT2D eigenvalue weighted by atomic mass is 16.3. The smallest absolute Gasteiger partial charge is 0.0985 e. The van der Waals surface area contributed by atoms with Gasteiger partial charge in [0.15, 0.2) is 0 Å². The second-order valence-electron chi connectivity index (χ2n) is 4.29. The third-order valence-corrected chi connectivity index (χ3v) is 3.33. The molecule has 0 aliphatic heterocycles. The minimum absolute atomic E-state index is 0.247. The summed E-state index contributed by atoms with van der Waals surface area (Å²) in [5.74, 6) is 0. The number of hydrogen-bond acceptors (Lipinski definition) is 3. The van der Waals surface area contributed by atoms with Gasteiger partial charge in [0.25, 0.3) is 0 Å². The van der Waals surface area contributed by atoms with Crippen molar-refractivity contribution in [1.29, 1.82) is 0 Å². The van der Waals surface area contributed by atoms with E-state index in [1.54, 1.807) is 12.4 Å². The average molecular weight is 208 g/mol. The number of rotatable bonds is 4. The SMILES string of the molecule is CCC(C)(C(O)c1cccnc1)N(C)C. The molecule has 2 atom stereocenters. The van der Waals surface area contributed by atoms with Crippen LogP contribution in [0.5, 0.6) is 0 Å². The molecule has 1 N–H and O–H groups in total. The fourth-order valence-corrected chi connectivity index (χ4v) is 1.65. The van der Waals surface area contributed by atoms with Gasteiger partial charge >= 0.3 is 0 Å². The zero-order chi connectivity index (χ0) is 11.5. The summed E-state index contributed by atoms with van der Waals surface area (Å²) >= 11 is 0. The predicted octanol–water partition coefficient (Wildman–Crippen LogP) is 1.85. The van der Waals surface area contributed by atoms with Crippen molar-refractivity contribution < 1.29 is 5.11 Å². The Balaban J connectivity index is 2.97. The summed E-state index contributed by atoms with van der Waals surface area (Å²) in [7, 11) is 3.98. The Bertz CT molecular complexity index is 300. The molecule has 0 aliphatic rings. The van der Waals surface area contributed by atoms with E-state index in [9.17, 15) is 5.11 Å². The molecule has 2 unspecified atom stereocenters. The minimum Gasteiger partial charge on any atom is -0.386 e. The second kappa shape index (κ2) is 4.73. The van der Waals surface area contributed by atoms with Gasteiger partial charge in [0.1, 0.15) is 0 Å². The lowest BCUT2D eigenvalue weighted by molar-refractivity contribution is 0.000674. The molecule has 0 amide bonds. The van der Waals surface area contributed by atoms with Crippen LogP contribution in [0.1, 0.15) is 31.9 Å². The molecule has 3 nitrogen and oxygen atoms in total. The number of nitrogens with zero attached hydrogens (tertiary/aromatic N) is 2. The van der Waals surface area contributed by atoms with Gasteiger partial charge in [0, 0.05) is 23.5 Å². The maximum absolute atomic E-state index is 10.3. The van der Waals surface area contributed by atoms with Gasteiger partial charge in [-0.3, -0.25) is 4.98 Å². The third kappa shape index (κ3) is 2.36. The second-order valence-corrected chi connectivity index (χ2v) is 4.29. The van der Waals surface area contributed by atoms with Crippen LogP contribution in [0.25, 0.3) is 0 Å². The van der Waals surface area contributed by atoms with Crippen LogP contribution in [0.4, 0.5) is 0 Å². The van der Waals surface area contributed by atoms with Crippen molar-refractivity contribution in [3.05, 3.63) is 30.1 Å². The van der Waals surface area contributed by atoms with E-state index < -0.39 is 6.10 Å². The Labute approximate surface area is 91.8 Å². The molecule has 0 radical (unpaired) electrons. The predicted molar refractivity (Wildman–Crippen MR) is 61.6 cm³/mol. The van der Waals surface area contributed by atoms with Crippen LogP contribution in [0.2, 0.25) is 0 Å². The normalized spacial score (nSPS) is 17.5. The van der Waals surface area contributed by atoms with E-state index in [0.29, 0.717) is 0 Å². The first-order valence-electron chi connectivity index (χ1n) is 5.27. The molecule has 0 saturated carbocycles. The van der Waals surface area contributed by atoms with E-state index in [1.807, 2.05) is 26.2 Å². The molecule has 3 heteroatoms. The van der Waals surface area contributed by atoms with Crippen molar-refractivity contribution in [3.8, 4) is 0 Å². The van der Waals surface area contributed by atoms with Crippen molar-refractivity contribution in [1.82, 2.24) is 9.88 Å². The zero-order valence-electron chi connectivity index (χ0n) is 9.94. The Morgan fingerprint density at radius 1 is 1.53 bits per heavy atom. The largest absolute Gasteiger partial charge is 0.386 e. The molecule has 0 fully saturated rings. The van der Waals surface area contributed by atoms with Crippen molar-refractivity contribution in [3.63, 3.8) is 0 Å². The number of aliphatic hydroxyl groups excluding tert-OH is 1. The molecule has 0 spiro atoms. The van der Waals surface area contributed by atoms with Gasteiger partial charge in [-0.05, 0) is 33.5 Å². The number of likely N-dealkylation sites (N-methyl/N-ethyl adjacent to an activating group) is 1. The number of aliphatic hydroxyl groups is 1. The molecule has 0 aliphatic carbocycles. The fourth-order valence-electron chi connectivity index (χ4n) is 1.65. The highest BCUT2D eigenvalue weighted by Gasteiger charge is 2.34. The average Bonchev–Trinajstić information content (AvgIpc) is 2.28. The minimum atomic E-state index is -0.508. The Morgan fingerprint density at radius 2 is 2.20 bits per heavy atom. The summed E-state index contributed by atoms with van der Waals surface area (Å²) in [6.45, 7) is 4.14. The first-order valence-corrected chi connectivity index (χ1v) is 5.27. The Hall–Kier alpha value is -0.930. The molecule has 1 aromatic heterocycles. The molecular formula is C12H20N2O. The van der Waals surface area contributed by atoms with Gasteiger partial charge in [-0.25, -0.2) is 0 Å². The van der Waals surface area contributed by atoms with Crippen molar-refractivity contribution >= 4 is 0 Å². The first-order chi connectivity index (χ1) is 7.02. The summed E-state index contributed by atoms with van der Waals surface area (Å²) in [4.78, 5) is 6.09. The molecular weight excluding hydrogens is 188 g/mol. The van der Waals surface area contributed by atoms with Gasteiger partial charge in [0.2, 0.25) is 0 Å². The maximum atomic E-state index is 10.3. The van der Waals surface area contributed by atoms with Crippen molar-refractivity contribution in [2.45, 2.75) is 31.9 Å². The summed E-state index contributed by atoms with van der Waals surface area (Å²) in [5, 5.41) is 10.3. The molecule has 0 saturated heterocycles. The third-order valence-electron chi connectivity index (χ3n) is 3.33. The van der Waals surface area contributed by atoms with Crippen molar-refractivity contribution in [2.75, 3.05) is 14.1 Å². The van der Waals surface area contributed by atoms with Crippen LogP contribution < -0.4 is 0 Å². The lowest BCUT2D eigenvalue weighted by atomic mass is 9.86. The Kier molecular flexibility index (Phi) is 3.83. The fraction of sp³-hybridized carbons (Fsp3) is 0.583. The number of hydrogen-bond donors (Lipinski definition) is 1. The van der Waals surface area contributed by atoms with Crippen LogP contribution in [0.15, 0.2) is 24.5 Å². The van der Waals surface area contributed by atoms with E-state index in [4.69, 9.17) is 0 Å². The number of aromatic nitrogens is 1. The van der Waals surface area contributed by atoms with Gasteiger partial charge < -0.3 is 10.0 Å². The topological polar surface area (TPSA) is 36.4 Å². The summed E-state index contributed by atoms with van der Waals surface area (Å²) in [6, 6.07) is 3.76. The molecule has 0 bridgehead atoms. The highest BCUT2D eigenvalue weighted by Crippen LogP contribution is 2.31. The van der Waals surface area contributed by atoms with Gasteiger partial charge in [-0.1, -0.05) is 13.0 Å². The van der Waals surface area contributed by atoms with Gasteiger partial charge in [-0.15, -0.1) is 0 Å².